The Morgan fingerprint density at radius 3 is 2.13 bits per heavy atom. The fraction of sp³-hybridized carbons (Fsp3) is 0.190. The molecule has 1 aliphatic rings. The van der Waals surface area contributed by atoms with Crippen molar-refractivity contribution in [1.82, 2.24) is 0 Å². The van der Waals surface area contributed by atoms with Gasteiger partial charge >= 0.3 is 11.9 Å². The van der Waals surface area contributed by atoms with Crippen LogP contribution in [0, 0.1) is 5.41 Å². The molecule has 5 N–H and O–H groups in total. The lowest BCUT2D eigenvalue weighted by Gasteiger charge is -2.11. The summed E-state index contributed by atoms with van der Waals surface area (Å²) in [4.78, 5) is 56.8. The summed E-state index contributed by atoms with van der Waals surface area (Å²) in [7, 11) is 0. The van der Waals surface area contributed by atoms with Gasteiger partial charge in [0.05, 0.1) is 0 Å². The molecule has 0 aliphatic heterocycles. The molecule has 0 fully saturated rings. The number of hydrogen-bond donors (Lipinski definition) is 4. The molecule has 0 saturated heterocycles. The lowest BCUT2D eigenvalue weighted by Crippen LogP contribution is -2.27. The Morgan fingerprint density at radius 2 is 1.55 bits per heavy atom. The summed E-state index contributed by atoms with van der Waals surface area (Å²) in [5.74, 6) is -3.69. The van der Waals surface area contributed by atoms with Crippen molar-refractivity contribution < 1.29 is 39.2 Å². The Labute approximate surface area is 175 Å². The number of benzene rings is 2. The van der Waals surface area contributed by atoms with Crippen LogP contribution < -0.4 is 5.73 Å². The van der Waals surface area contributed by atoms with Gasteiger partial charge in [0.1, 0.15) is 5.84 Å². The van der Waals surface area contributed by atoms with Gasteiger partial charge < -0.3 is 15.9 Å². The summed E-state index contributed by atoms with van der Waals surface area (Å²) in [6.45, 7) is -0.872. The monoisotopic (exact) mass is 426 g/mol. The zero-order valence-electron chi connectivity index (χ0n) is 16.1. The fourth-order valence-corrected chi connectivity index (χ4v) is 3.23. The van der Waals surface area contributed by atoms with Gasteiger partial charge in [0.25, 0.3) is 5.60 Å². The first-order valence-corrected chi connectivity index (χ1v) is 9.09. The third kappa shape index (κ3) is 4.20. The summed E-state index contributed by atoms with van der Waals surface area (Å²) in [6.07, 6.45) is -0.284. The highest BCUT2D eigenvalue weighted by Gasteiger charge is 2.63. The van der Waals surface area contributed by atoms with Crippen LogP contribution in [0.2, 0.25) is 0 Å². The number of carbonyl (C=O) groups is 4. The van der Waals surface area contributed by atoms with Crippen LogP contribution in [0.1, 0.15) is 50.2 Å². The van der Waals surface area contributed by atoms with Crippen molar-refractivity contribution in [2.45, 2.75) is 18.4 Å². The molecular formula is C21H18N2O8. The topological polar surface area (TPSA) is 177 Å². The highest BCUT2D eigenvalue weighted by molar-refractivity contribution is 6.07. The fourth-order valence-electron chi connectivity index (χ4n) is 3.23. The molecule has 3 rings (SSSR count). The van der Waals surface area contributed by atoms with Crippen molar-refractivity contribution >= 4 is 29.3 Å². The predicted octanol–water partition coefficient (Wildman–Crippen LogP) is 1.49. The van der Waals surface area contributed by atoms with Gasteiger partial charge in [0.2, 0.25) is 0 Å². The molecule has 1 atom stereocenters. The molecule has 0 spiro atoms. The number of nitrogens with two attached hydrogens (primary N) is 1. The molecule has 1 unspecified atom stereocenters. The molecule has 0 radical (unpaired) electrons. The number of nitrogen functional groups attached to an aromatic ring is 1. The Morgan fingerprint density at radius 1 is 0.935 bits per heavy atom. The van der Waals surface area contributed by atoms with Crippen LogP contribution in [0.25, 0.3) is 0 Å². The second kappa shape index (κ2) is 8.46. The van der Waals surface area contributed by atoms with Gasteiger partial charge in [-0.15, -0.1) is 0 Å². The number of fused-ring (bicyclic) bond motifs is 1. The standard InChI is InChI=1S/C21H18N2O8/c22-19(23)12-6-4-11(5-7-12)15(24)8-9-16(25)13-2-1-3-14-18(13)21(14,20(28)29)31-30-10-17(26)27/h1-7H,8-10H2,(H3,22,23)(H,26,27)(H,28,29). The molecule has 2 aromatic rings. The van der Waals surface area contributed by atoms with Crippen LogP contribution in [-0.2, 0) is 25.0 Å². The number of rotatable bonds is 11. The quantitative estimate of drug-likeness (QED) is 0.136. The highest BCUT2D eigenvalue weighted by atomic mass is 17.2. The van der Waals surface area contributed by atoms with E-state index in [9.17, 15) is 24.3 Å². The van der Waals surface area contributed by atoms with E-state index in [1.807, 2.05) is 0 Å². The Kier molecular flexibility index (Phi) is 5.95. The zero-order valence-corrected chi connectivity index (χ0v) is 16.1. The van der Waals surface area contributed by atoms with Gasteiger partial charge in [-0.1, -0.05) is 42.5 Å². The van der Waals surface area contributed by atoms with Crippen molar-refractivity contribution in [3.63, 3.8) is 0 Å². The van der Waals surface area contributed by atoms with E-state index in [2.05, 4.69) is 4.89 Å². The number of amidine groups is 1. The average molecular weight is 426 g/mol. The van der Waals surface area contributed by atoms with Crippen LogP contribution in [0.15, 0.2) is 42.5 Å². The van der Waals surface area contributed by atoms with E-state index < -0.39 is 29.9 Å². The molecule has 0 bridgehead atoms. The maximum atomic E-state index is 12.7. The van der Waals surface area contributed by atoms with Crippen molar-refractivity contribution in [1.29, 1.82) is 5.41 Å². The van der Waals surface area contributed by atoms with E-state index >= 15 is 0 Å². The van der Waals surface area contributed by atoms with Crippen LogP contribution in [0.3, 0.4) is 0 Å². The molecular weight excluding hydrogens is 408 g/mol. The van der Waals surface area contributed by atoms with Gasteiger partial charge in [-0.3, -0.25) is 15.0 Å². The van der Waals surface area contributed by atoms with Gasteiger partial charge in [-0.25, -0.2) is 19.4 Å². The summed E-state index contributed by atoms with van der Waals surface area (Å²) >= 11 is 0. The van der Waals surface area contributed by atoms with E-state index in [-0.39, 0.29) is 41.2 Å². The van der Waals surface area contributed by atoms with Gasteiger partial charge in [-0.05, 0) is 0 Å². The summed E-state index contributed by atoms with van der Waals surface area (Å²) < 4.78 is 0. The largest absolute Gasteiger partial charge is 0.479 e. The van der Waals surface area contributed by atoms with Gasteiger partial charge in [0, 0.05) is 40.7 Å². The van der Waals surface area contributed by atoms with E-state index in [0.29, 0.717) is 11.1 Å². The maximum absolute atomic E-state index is 12.7. The molecule has 10 heteroatoms. The minimum absolute atomic E-state index is 0.0681. The van der Waals surface area contributed by atoms with Crippen molar-refractivity contribution in [2.75, 3.05) is 6.61 Å². The van der Waals surface area contributed by atoms with E-state index in [1.165, 1.54) is 42.5 Å². The number of Topliss-reactive ketones (excluding diaryl/α,β-unsaturated/α-hetero) is 2. The van der Waals surface area contributed by atoms with Crippen LogP contribution in [-0.4, -0.2) is 46.2 Å². The van der Waals surface area contributed by atoms with Crippen LogP contribution in [0.4, 0.5) is 0 Å². The molecule has 31 heavy (non-hydrogen) atoms. The molecule has 0 aromatic heterocycles. The van der Waals surface area contributed by atoms with E-state index in [0.717, 1.165) is 0 Å². The summed E-state index contributed by atoms with van der Waals surface area (Å²) in [5, 5.41) is 25.6. The molecule has 1 aliphatic carbocycles. The second-order valence-electron chi connectivity index (χ2n) is 6.79. The molecule has 10 nitrogen and oxygen atoms in total. The van der Waals surface area contributed by atoms with Gasteiger partial charge in [-0.2, -0.15) is 0 Å². The van der Waals surface area contributed by atoms with Crippen LogP contribution in [0.5, 0.6) is 0 Å². The molecule has 2 aromatic carbocycles. The highest BCUT2D eigenvalue weighted by Crippen LogP contribution is 2.53. The van der Waals surface area contributed by atoms with E-state index in [1.54, 1.807) is 0 Å². The molecule has 0 saturated carbocycles. The smallest absolute Gasteiger partial charge is 0.348 e. The predicted molar refractivity (Wildman–Crippen MR) is 105 cm³/mol. The normalized spacial score (nSPS) is 16.3. The first-order chi connectivity index (χ1) is 14.7. The number of carboxylic acid groups (broad SMARTS) is 2. The minimum Gasteiger partial charge on any atom is -0.479 e. The maximum Gasteiger partial charge on any atom is 0.348 e. The van der Waals surface area contributed by atoms with Crippen molar-refractivity contribution in [2.24, 2.45) is 5.73 Å². The number of aliphatic carboxylic acids is 2. The van der Waals surface area contributed by atoms with Crippen molar-refractivity contribution in [3.8, 4) is 0 Å². The Hall–Kier alpha value is -3.89. The number of carbonyl (C=O) groups excluding carboxylic acids is 2. The van der Waals surface area contributed by atoms with Crippen molar-refractivity contribution in [3.05, 3.63) is 70.3 Å². The summed E-state index contributed by atoms with van der Waals surface area (Å²) in [5.41, 5.74) is 4.48. The molecule has 0 amide bonds. The first kappa shape index (κ1) is 21.8. The molecule has 0 heterocycles. The molecule has 160 valence electrons. The number of carboxylic acids is 2. The first-order valence-electron chi connectivity index (χ1n) is 9.09. The van der Waals surface area contributed by atoms with Gasteiger partial charge in [0.15, 0.2) is 18.2 Å². The Balaban J connectivity index is 1.70. The van der Waals surface area contributed by atoms with Crippen LogP contribution >= 0.6 is 0 Å². The minimum atomic E-state index is -2.05. The Bertz CT molecular complexity index is 1090. The zero-order chi connectivity index (χ0) is 22.8. The summed E-state index contributed by atoms with van der Waals surface area (Å²) in [6, 6.07) is 10.4. The number of hydrogen-bond acceptors (Lipinski definition) is 7. The van der Waals surface area contributed by atoms with E-state index in [4.69, 9.17) is 21.1 Å². The second-order valence-corrected chi connectivity index (χ2v) is 6.79. The number of nitrogens with one attached hydrogen (secondary N) is 1. The number of ketones is 2. The third-order valence-corrected chi connectivity index (χ3v) is 4.80. The lowest BCUT2D eigenvalue weighted by molar-refractivity contribution is -0.333. The lowest BCUT2D eigenvalue weighted by atomic mass is 10.00. The SMILES string of the molecule is N=C(N)c1ccc(C(=O)CCC(=O)c2cccc3c2C3(OOCC(=O)O)C(=O)O)cc1. The third-order valence-electron chi connectivity index (χ3n) is 4.80. The average Bonchev–Trinajstić information content (AvgIpc) is 3.40.